The lowest BCUT2D eigenvalue weighted by Crippen LogP contribution is -2.47. The minimum absolute atomic E-state index is 0.524. The Balaban J connectivity index is 1.85. The highest BCUT2D eigenvalue weighted by Gasteiger charge is 2.31. The molecule has 2 rings (SSSR count). The number of thioether (sulfide) groups is 1. The predicted molar refractivity (Wildman–Crippen MR) is 76.2 cm³/mol. The summed E-state index contributed by atoms with van der Waals surface area (Å²) >= 11 is 1.79. The Morgan fingerprint density at radius 2 is 2.58 bits per heavy atom. The molecule has 0 spiro atoms. The standard InChI is InChI=1S/C12H20N4O2S/c1-13-11(14-8-12(17)4-6-19-9-12)16(2)7-10-3-5-18-15-10/h3,5,17H,4,6-9H2,1-2H3,(H,13,14). The van der Waals surface area contributed by atoms with Gasteiger partial charge in [0.05, 0.1) is 12.1 Å². The van der Waals surface area contributed by atoms with Crippen LogP contribution >= 0.6 is 11.8 Å². The summed E-state index contributed by atoms with van der Waals surface area (Å²) in [5.74, 6) is 2.54. The van der Waals surface area contributed by atoms with E-state index in [-0.39, 0.29) is 0 Å². The second kappa shape index (κ2) is 6.29. The van der Waals surface area contributed by atoms with Crippen LogP contribution in [0.1, 0.15) is 12.1 Å². The van der Waals surface area contributed by atoms with Gasteiger partial charge in [-0.05, 0) is 12.2 Å². The van der Waals surface area contributed by atoms with Crippen LogP contribution in [-0.2, 0) is 6.54 Å². The van der Waals surface area contributed by atoms with Crippen LogP contribution in [0.25, 0.3) is 0 Å². The van der Waals surface area contributed by atoms with Gasteiger partial charge in [-0.2, -0.15) is 11.8 Å². The first kappa shape index (κ1) is 14.2. The summed E-state index contributed by atoms with van der Waals surface area (Å²) in [6.45, 7) is 1.14. The van der Waals surface area contributed by atoms with Gasteiger partial charge in [0.1, 0.15) is 12.0 Å². The van der Waals surface area contributed by atoms with Crippen molar-refractivity contribution in [3.63, 3.8) is 0 Å². The second-order valence-corrected chi connectivity index (χ2v) is 5.88. The molecule has 2 heterocycles. The van der Waals surface area contributed by atoms with Gasteiger partial charge in [-0.25, -0.2) is 0 Å². The first-order chi connectivity index (χ1) is 9.13. The molecule has 1 saturated heterocycles. The minimum atomic E-state index is -0.616. The van der Waals surface area contributed by atoms with Crippen molar-refractivity contribution in [2.45, 2.75) is 18.6 Å². The summed E-state index contributed by atoms with van der Waals surface area (Å²) in [5.41, 5.74) is 0.232. The molecule has 19 heavy (non-hydrogen) atoms. The lowest BCUT2D eigenvalue weighted by molar-refractivity contribution is 0.0718. The van der Waals surface area contributed by atoms with E-state index >= 15 is 0 Å². The first-order valence-electron chi connectivity index (χ1n) is 6.24. The molecule has 0 aromatic carbocycles. The fourth-order valence-electron chi connectivity index (χ4n) is 2.00. The third-order valence-electron chi connectivity index (χ3n) is 3.12. The Hall–Kier alpha value is -1.21. The van der Waals surface area contributed by atoms with E-state index in [1.807, 2.05) is 18.0 Å². The monoisotopic (exact) mass is 284 g/mol. The molecule has 1 atom stereocenters. The molecule has 1 aliphatic rings. The zero-order valence-electron chi connectivity index (χ0n) is 11.3. The number of aliphatic imine (C=N–C) groups is 1. The molecule has 2 N–H and O–H groups in total. The summed E-state index contributed by atoms with van der Waals surface area (Å²) < 4.78 is 4.81. The molecular formula is C12H20N4O2S. The minimum Gasteiger partial charge on any atom is -0.387 e. The maximum Gasteiger partial charge on any atom is 0.193 e. The molecule has 1 aromatic rings. The fourth-order valence-corrected chi connectivity index (χ4v) is 3.30. The SMILES string of the molecule is CN=C(NCC1(O)CCSC1)N(C)Cc1ccon1. The van der Waals surface area contributed by atoms with Crippen LogP contribution in [0, 0.1) is 0 Å². The molecule has 1 aromatic heterocycles. The molecule has 0 bridgehead atoms. The Labute approximate surface area is 117 Å². The number of aliphatic hydroxyl groups is 1. The maximum atomic E-state index is 10.3. The van der Waals surface area contributed by atoms with Gasteiger partial charge in [-0.15, -0.1) is 0 Å². The number of hydrogen-bond donors (Lipinski definition) is 2. The van der Waals surface area contributed by atoms with E-state index in [0.717, 1.165) is 29.6 Å². The number of rotatable bonds is 4. The van der Waals surface area contributed by atoms with Crippen LogP contribution in [0.15, 0.2) is 21.8 Å². The van der Waals surface area contributed by atoms with Crippen molar-refractivity contribution in [1.82, 2.24) is 15.4 Å². The van der Waals surface area contributed by atoms with E-state index in [1.54, 1.807) is 25.1 Å². The van der Waals surface area contributed by atoms with E-state index < -0.39 is 5.60 Å². The molecule has 0 saturated carbocycles. The number of hydrogen-bond acceptors (Lipinski definition) is 5. The Bertz CT molecular complexity index is 415. The molecule has 106 valence electrons. The largest absolute Gasteiger partial charge is 0.387 e. The lowest BCUT2D eigenvalue weighted by atomic mass is 10.0. The normalized spacial score (nSPS) is 23.6. The summed E-state index contributed by atoms with van der Waals surface area (Å²) in [4.78, 5) is 6.16. The van der Waals surface area contributed by atoms with Gasteiger partial charge in [0.25, 0.3) is 0 Å². The molecule has 0 radical (unpaired) electrons. The van der Waals surface area contributed by atoms with Gasteiger partial charge in [0.2, 0.25) is 0 Å². The van der Waals surface area contributed by atoms with E-state index in [9.17, 15) is 5.11 Å². The topological polar surface area (TPSA) is 73.9 Å². The van der Waals surface area contributed by atoms with Crippen LogP contribution in [0.4, 0.5) is 0 Å². The third kappa shape index (κ3) is 3.87. The molecule has 6 nitrogen and oxygen atoms in total. The highest BCUT2D eigenvalue weighted by Crippen LogP contribution is 2.26. The van der Waals surface area contributed by atoms with E-state index in [4.69, 9.17) is 4.52 Å². The third-order valence-corrected chi connectivity index (χ3v) is 4.36. The smallest absolute Gasteiger partial charge is 0.193 e. The van der Waals surface area contributed by atoms with Gasteiger partial charge in [-0.3, -0.25) is 4.99 Å². The van der Waals surface area contributed by atoms with Gasteiger partial charge in [0.15, 0.2) is 5.96 Å². The highest BCUT2D eigenvalue weighted by atomic mass is 32.2. The number of aromatic nitrogens is 1. The first-order valence-corrected chi connectivity index (χ1v) is 7.40. The highest BCUT2D eigenvalue weighted by molar-refractivity contribution is 7.99. The van der Waals surface area contributed by atoms with Gasteiger partial charge >= 0.3 is 0 Å². The van der Waals surface area contributed by atoms with Crippen molar-refractivity contribution in [2.24, 2.45) is 4.99 Å². The zero-order chi connectivity index (χ0) is 13.7. The van der Waals surface area contributed by atoms with E-state index in [2.05, 4.69) is 15.5 Å². The molecule has 7 heteroatoms. The van der Waals surface area contributed by atoms with Crippen molar-refractivity contribution < 1.29 is 9.63 Å². The van der Waals surface area contributed by atoms with Gasteiger partial charge in [0, 0.05) is 32.5 Å². The number of guanidine groups is 1. The van der Waals surface area contributed by atoms with Crippen molar-refractivity contribution in [3.05, 3.63) is 18.0 Å². The molecule has 1 unspecified atom stereocenters. The zero-order valence-corrected chi connectivity index (χ0v) is 12.1. The predicted octanol–water partition coefficient (Wildman–Crippen LogP) is 0.550. The van der Waals surface area contributed by atoms with Crippen LogP contribution < -0.4 is 5.32 Å². The quantitative estimate of drug-likeness (QED) is 0.621. The maximum absolute atomic E-state index is 10.3. The fraction of sp³-hybridized carbons (Fsp3) is 0.667. The molecule has 1 fully saturated rings. The Kier molecular flexibility index (Phi) is 4.71. The number of nitrogens with zero attached hydrogens (tertiary/aromatic N) is 3. The van der Waals surface area contributed by atoms with Crippen molar-refractivity contribution in [3.8, 4) is 0 Å². The Morgan fingerprint density at radius 3 is 3.16 bits per heavy atom. The van der Waals surface area contributed by atoms with Crippen LogP contribution in [0.3, 0.4) is 0 Å². The van der Waals surface area contributed by atoms with E-state index in [0.29, 0.717) is 13.1 Å². The number of nitrogens with one attached hydrogen (secondary N) is 1. The van der Waals surface area contributed by atoms with Crippen molar-refractivity contribution >= 4 is 17.7 Å². The van der Waals surface area contributed by atoms with Crippen molar-refractivity contribution in [2.75, 3.05) is 32.1 Å². The van der Waals surface area contributed by atoms with Crippen LogP contribution in [0.5, 0.6) is 0 Å². The van der Waals surface area contributed by atoms with Gasteiger partial charge < -0.3 is 19.8 Å². The van der Waals surface area contributed by atoms with Crippen LogP contribution in [0.2, 0.25) is 0 Å². The van der Waals surface area contributed by atoms with Gasteiger partial charge in [-0.1, -0.05) is 5.16 Å². The summed E-state index contributed by atoms with van der Waals surface area (Å²) in [7, 11) is 3.66. The van der Waals surface area contributed by atoms with Crippen molar-refractivity contribution in [1.29, 1.82) is 0 Å². The second-order valence-electron chi connectivity index (χ2n) is 4.77. The Morgan fingerprint density at radius 1 is 1.74 bits per heavy atom. The molecule has 0 aliphatic carbocycles. The summed E-state index contributed by atoms with van der Waals surface area (Å²) in [5, 5.41) is 17.4. The van der Waals surface area contributed by atoms with E-state index in [1.165, 1.54) is 0 Å². The summed E-state index contributed by atoms with van der Waals surface area (Å²) in [6, 6.07) is 1.82. The average Bonchev–Trinajstić information content (AvgIpc) is 3.02. The average molecular weight is 284 g/mol. The molecular weight excluding hydrogens is 264 g/mol. The molecule has 0 amide bonds. The summed E-state index contributed by atoms with van der Waals surface area (Å²) in [6.07, 6.45) is 2.38. The molecule has 1 aliphatic heterocycles. The lowest BCUT2D eigenvalue weighted by Gasteiger charge is -2.26. The van der Waals surface area contributed by atoms with Crippen LogP contribution in [-0.4, -0.2) is 58.9 Å².